The number of esters is 1. The summed E-state index contributed by atoms with van der Waals surface area (Å²) in [5.74, 6) is -5.36. The van der Waals surface area contributed by atoms with Crippen LogP contribution < -0.4 is 16.0 Å². The third-order valence-electron chi connectivity index (χ3n) is 5.78. The SMILES string of the molecule is CC(C)[C@H](NC(=O)OCc1ccccc1)C(=O)N[C@@H](C)C(=O)NC(CC(=O)O)C(=O)COC(=O)c1c(Cl)cccc1Cl. The van der Waals surface area contributed by atoms with Crippen LogP contribution in [0.2, 0.25) is 10.0 Å². The van der Waals surface area contributed by atoms with E-state index in [1.807, 2.05) is 6.07 Å². The van der Waals surface area contributed by atoms with Crippen molar-refractivity contribution >= 4 is 58.8 Å². The molecular weight excluding hydrogens is 593 g/mol. The van der Waals surface area contributed by atoms with Crippen LogP contribution in [-0.2, 0) is 35.3 Å². The number of ether oxygens (including phenoxy) is 2. The molecule has 42 heavy (non-hydrogen) atoms. The van der Waals surface area contributed by atoms with Gasteiger partial charge in [0.05, 0.1) is 22.0 Å². The molecule has 2 rings (SSSR count). The molecule has 4 N–H and O–H groups in total. The molecule has 0 heterocycles. The predicted molar refractivity (Wildman–Crippen MR) is 152 cm³/mol. The van der Waals surface area contributed by atoms with Crippen molar-refractivity contribution in [1.29, 1.82) is 0 Å². The number of Topliss-reactive ketones (excluding diaryl/α,β-unsaturated/α-hetero) is 1. The molecule has 0 fully saturated rings. The highest BCUT2D eigenvalue weighted by atomic mass is 35.5. The number of rotatable bonds is 14. The maximum absolute atomic E-state index is 12.9. The van der Waals surface area contributed by atoms with Gasteiger partial charge in [-0.2, -0.15) is 0 Å². The van der Waals surface area contributed by atoms with Gasteiger partial charge >= 0.3 is 18.0 Å². The maximum atomic E-state index is 12.9. The van der Waals surface area contributed by atoms with Crippen LogP contribution in [0.25, 0.3) is 0 Å². The molecule has 0 aliphatic carbocycles. The first-order chi connectivity index (χ1) is 19.8. The van der Waals surface area contributed by atoms with Crippen LogP contribution >= 0.6 is 23.2 Å². The molecular formula is C28H31Cl2N3O9. The Hall–Kier alpha value is -4.16. The Balaban J connectivity index is 1.97. The van der Waals surface area contributed by atoms with Crippen LogP contribution in [0.3, 0.4) is 0 Å². The number of carboxylic acid groups (broad SMARTS) is 1. The van der Waals surface area contributed by atoms with Crippen LogP contribution in [0, 0.1) is 5.92 Å². The highest BCUT2D eigenvalue weighted by molar-refractivity contribution is 6.39. The van der Waals surface area contributed by atoms with Crippen molar-refractivity contribution in [1.82, 2.24) is 16.0 Å². The average molecular weight is 624 g/mol. The van der Waals surface area contributed by atoms with E-state index < -0.39 is 72.7 Å². The minimum atomic E-state index is -1.59. The van der Waals surface area contributed by atoms with E-state index in [1.54, 1.807) is 38.1 Å². The van der Waals surface area contributed by atoms with E-state index in [4.69, 9.17) is 32.7 Å². The lowest BCUT2D eigenvalue weighted by Gasteiger charge is -2.24. The molecule has 12 nitrogen and oxygen atoms in total. The smallest absolute Gasteiger partial charge is 0.408 e. The van der Waals surface area contributed by atoms with E-state index >= 15 is 0 Å². The zero-order valence-electron chi connectivity index (χ0n) is 23.0. The molecule has 1 unspecified atom stereocenters. The van der Waals surface area contributed by atoms with E-state index in [-0.39, 0.29) is 22.2 Å². The third-order valence-corrected chi connectivity index (χ3v) is 6.41. The summed E-state index contributed by atoms with van der Waals surface area (Å²) in [6.45, 7) is 3.75. The summed E-state index contributed by atoms with van der Waals surface area (Å²) in [5, 5.41) is 16.3. The fourth-order valence-corrected chi connectivity index (χ4v) is 4.07. The number of hydrogen-bond acceptors (Lipinski definition) is 8. The molecule has 3 atom stereocenters. The Morgan fingerprint density at radius 2 is 1.43 bits per heavy atom. The molecule has 0 radical (unpaired) electrons. The number of benzene rings is 2. The number of alkyl carbamates (subject to hydrolysis) is 1. The van der Waals surface area contributed by atoms with Crippen LogP contribution in [0.4, 0.5) is 4.79 Å². The second-order valence-electron chi connectivity index (χ2n) is 9.46. The minimum absolute atomic E-state index is 0.0152. The first-order valence-electron chi connectivity index (χ1n) is 12.7. The number of aliphatic carboxylic acids is 1. The van der Waals surface area contributed by atoms with Crippen molar-refractivity contribution in [2.45, 2.75) is 51.9 Å². The van der Waals surface area contributed by atoms with Crippen molar-refractivity contribution in [3.8, 4) is 0 Å². The Kier molecular flexibility index (Phi) is 13.2. The van der Waals surface area contributed by atoms with Gasteiger partial charge in [0.2, 0.25) is 11.8 Å². The fraction of sp³-hybridized carbons (Fsp3) is 0.357. The topological polar surface area (TPSA) is 177 Å². The largest absolute Gasteiger partial charge is 0.481 e. The lowest BCUT2D eigenvalue weighted by atomic mass is 10.0. The first kappa shape index (κ1) is 34.0. The van der Waals surface area contributed by atoms with Gasteiger partial charge < -0.3 is 30.5 Å². The lowest BCUT2D eigenvalue weighted by molar-refractivity contribution is -0.141. The number of carbonyl (C=O) groups is 6. The summed E-state index contributed by atoms with van der Waals surface area (Å²) in [6, 6.07) is 9.29. The standard InChI is InChI=1S/C28H31Cl2N3O9/c1-15(2)24(33-28(40)42-13-17-8-5-4-6-9-17)26(38)31-16(3)25(37)32-20(12-22(35)36)21(34)14-41-27(39)23-18(29)10-7-11-19(23)30/h4-11,15-16,20,24H,12-14H2,1-3H3,(H,31,38)(H,32,37)(H,33,40)(H,35,36)/t16-,20?,24-/m0/s1. The maximum Gasteiger partial charge on any atom is 0.408 e. The van der Waals surface area contributed by atoms with E-state index in [2.05, 4.69) is 16.0 Å². The summed E-state index contributed by atoms with van der Waals surface area (Å²) >= 11 is 11.9. The van der Waals surface area contributed by atoms with Crippen LogP contribution in [0.15, 0.2) is 48.5 Å². The quantitative estimate of drug-likeness (QED) is 0.230. The molecule has 0 aliphatic rings. The Morgan fingerprint density at radius 3 is 2.00 bits per heavy atom. The molecule has 2 aromatic rings. The zero-order chi connectivity index (χ0) is 31.4. The third kappa shape index (κ3) is 10.7. The normalized spacial score (nSPS) is 12.8. The summed E-state index contributed by atoms with van der Waals surface area (Å²) in [7, 11) is 0. The Labute approximate surface area is 252 Å². The molecule has 2 aromatic carbocycles. The molecule has 0 bridgehead atoms. The number of nitrogens with one attached hydrogen (secondary N) is 3. The summed E-state index contributed by atoms with van der Waals surface area (Å²) in [4.78, 5) is 74.3. The second-order valence-corrected chi connectivity index (χ2v) is 10.3. The highest BCUT2D eigenvalue weighted by Gasteiger charge is 2.30. The molecule has 14 heteroatoms. The number of halogens is 2. The van der Waals surface area contributed by atoms with Crippen LogP contribution in [-0.4, -0.2) is 65.5 Å². The lowest BCUT2D eigenvalue weighted by Crippen LogP contribution is -2.56. The predicted octanol–water partition coefficient (Wildman–Crippen LogP) is 3.13. The van der Waals surface area contributed by atoms with Gasteiger partial charge in [-0.25, -0.2) is 9.59 Å². The second kappa shape index (κ2) is 16.3. The van der Waals surface area contributed by atoms with Gasteiger partial charge in [-0.1, -0.05) is 73.4 Å². The van der Waals surface area contributed by atoms with Gasteiger partial charge in [-0.3, -0.25) is 19.2 Å². The number of ketones is 1. The van der Waals surface area contributed by atoms with Crippen molar-refractivity contribution in [2.75, 3.05) is 6.61 Å². The molecule has 0 aromatic heterocycles. The Bertz CT molecular complexity index is 1280. The summed E-state index contributed by atoms with van der Waals surface area (Å²) in [5.41, 5.74) is 0.567. The van der Waals surface area contributed by atoms with Gasteiger partial charge in [0.25, 0.3) is 0 Å². The number of carboxylic acids is 1. The van der Waals surface area contributed by atoms with Crippen molar-refractivity contribution in [2.24, 2.45) is 5.92 Å². The average Bonchev–Trinajstić information content (AvgIpc) is 2.93. The molecule has 0 aliphatic heterocycles. The van der Waals surface area contributed by atoms with Crippen molar-refractivity contribution in [3.05, 3.63) is 69.7 Å². The number of amides is 3. The number of hydrogen-bond donors (Lipinski definition) is 4. The molecule has 3 amide bonds. The highest BCUT2D eigenvalue weighted by Crippen LogP contribution is 2.25. The summed E-state index contributed by atoms with van der Waals surface area (Å²) < 4.78 is 10.1. The van der Waals surface area contributed by atoms with Gasteiger partial charge in [-0.05, 0) is 30.5 Å². The fourth-order valence-electron chi connectivity index (χ4n) is 3.51. The zero-order valence-corrected chi connectivity index (χ0v) is 24.5. The van der Waals surface area contributed by atoms with Crippen LogP contribution in [0.5, 0.6) is 0 Å². The monoisotopic (exact) mass is 623 g/mol. The summed E-state index contributed by atoms with van der Waals surface area (Å²) in [6.07, 6.45) is -1.66. The van der Waals surface area contributed by atoms with Gasteiger partial charge in [-0.15, -0.1) is 0 Å². The molecule has 0 spiro atoms. The Morgan fingerprint density at radius 1 is 0.810 bits per heavy atom. The van der Waals surface area contributed by atoms with Crippen LogP contribution in [0.1, 0.15) is 43.1 Å². The van der Waals surface area contributed by atoms with E-state index in [9.17, 15) is 33.9 Å². The molecule has 226 valence electrons. The van der Waals surface area contributed by atoms with E-state index in [1.165, 1.54) is 25.1 Å². The molecule has 0 saturated carbocycles. The first-order valence-corrected chi connectivity index (χ1v) is 13.5. The van der Waals surface area contributed by atoms with Crippen molar-refractivity contribution in [3.63, 3.8) is 0 Å². The van der Waals surface area contributed by atoms with Crippen molar-refractivity contribution < 1.29 is 43.3 Å². The minimum Gasteiger partial charge on any atom is -0.481 e. The molecule has 0 saturated heterocycles. The van der Waals surface area contributed by atoms with E-state index in [0.717, 1.165) is 5.56 Å². The van der Waals surface area contributed by atoms with Gasteiger partial charge in [0.15, 0.2) is 12.4 Å². The van der Waals surface area contributed by atoms with Gasteiger partial charge in [0, 0.05) is 0 Å². The van der Waals surface area contributed by atoms with E-state index in [0.29, 0.717) is 0 Å². The number of carbonyl (C=O) groups excluding carboxylic acids is 5. The van der Waals surface area contributed by atoms with Gasteiger partial charge in [0.1, 0.15) is 24.7 Å².